The third-order valence-electron chi connectivity index (χ3n) is 3.91. The fraction of sp³-hybridized carbons (Fsp3) is 0.588. The summed E-state index contributed by atoms with van der Waals surface area (Å²) in [6.07, 6.45) is 0.929. The van der Waals surface area contributed by atoms with Crippen LogP contribution in [0.5, 0.6) is 0 Å². The Labute approximate surface area is 116 Å². The number of hydrogen-bond acceptors (Lipinski definition) is 2. The Morgan fingerprint density at radius 3 is 2.47 bits per heavy atom. The minimum absolute atomic E-state index is 0.0806. The minimum Gasteiger partial charge on any atom is -0.457 e. The average Bonchev–Trinajstić information content (AvgIpc) is 2.67. The monoisotopic (exact) mass is 260 g/mol. The molecule has 0 bridgehead atoms. The fourth-order valence-corrected chi connectivity index (χ4v) is 2.62. The fourth-order valence-electron chi connectivity index (χ4n) is 2.62. The topological polar surface area (TPSA) is 26.3 Å². The van der Waals surface area contributed by atoms with E-state index in [0.717, 1.165) is 6.42 Å². The van der Waals surface area contributed by atoms with Crippen molar-refractivity contribution in [3.63, 3.8) is 0 Å². The number of hydrogen-bond donors (Lipinski definition) is 0. The number of carbonyl (C=O) groups excluding carboxylic acids is 1. The normalized spacial score (nSPS) is 22.4. The van der Waals surface area contributed by atoms with E-state index in [2.05, 4.69) is 32.0 Å². The number of benzene rings is 1. The third kappa shape index (κ3) is 2.83. The van der Waals surface area contributed by atoms with Crippen LogP contribution in [0.4, 0.5) is 0 Å². The molecule has 0 aliphatic heterocycles. The first kappa shape index (κ1) is 14.1. The maximum Gasteiger partial charge on any atom is 0.311 e. The molecule has 2 atom stereocenters. The lowest BCUT2D eigenvalue weighted by Crippen LogP contribution is -2.28. The van der Waals surface area contributed by atoms with Crippen molar-refractivity contribution in [2.45, 2.75) is 47.1 Å². The van der Waals surface area contributed by atoms with Gasteiger partial charge in [-0.3, -0.25) is 4.79 Å². The molecule has 19 heavy (non-hydrogen) atoms. The predicted molar refractivity (Wildman–Crippen MR) is 76.8 cm³/mol. The highest BCUT2D eigenvalue weighted by molar-refractivity contribution is 5.75. The highest BCUT2D eigenvalue weighted by Gasteiger charge is 2.38. The summed E-state index contributed by atoms with van der Waals surface area (Å²) in [7, 11) is 0. The van der Waals surface area contributed by atoms with E-state index in [1.54, 1.807) is 0 Å². The third-order valence-corrected chi connectivity index (χ3v) is 3.91. The predicted octanol–water partition coefficient (Wildman–Crippen LogP) is 4.15. The summed E-state index contributed by atoms with van der Waals surface area (Å²) in [5.74, 6) is 0.786. The van der Waals surface area contributed by atoms with Crippen molar-refractivity contribution < 1.29 is 9.53 Å². The van der Waals surface area contributed by atoms with E-state index in [4.69, 9.17) is 4.74 Å². The molecule has 1 aromatic carbocycles. The summed E-state index contributed by atoms with van der Waals surface area (Å²) in [6.45, 7) is 10.1. The first-order chi connectivity index (χ1) is 8.80. The molecule has 0 spiro atoms. The molecule has 2 rings (SSSR count). The van der Waals surface area contributed by atoms with Crippen LogP contribution >= 0.6 is 0 Å². The van der Waals surface area contributed by atoms with Crippen LogP contribution in [0.2, 0.25) is 0 Å². The van der Waals surface area contributed by atoms with Gasteiger partial charge < -0.3 is 4.74 Å². The van der Waals surface area contributed by atoms with E-state index in [1.165, 1.54) is 11.1 Å². The molecule has 2 heteroatoms. The van der Waals surface area contributed by atoms with Crippen LogP contribution in [-0.2, 0) is 16.0 Å². The molecule has 0 saturated heterocycles. The van der Waals surface area contributed by atoms with Gasteiger partial charge in [-0.05, 0) is 44.2 Å². The molecule has 2 nitrogen and oxygen atoms in total. The summed E-state index contributed by atoms with van der Waals surface area (Å²) in [5.41, 5.74) is 2.07. The van der Waals surface area contributed by atoms with Crippen molar-refractivity contribution in [1.82, 2.24) is 0 Å². The zero-order valence-corrected chi connectivity index (χ0v) is 12.6. The van der Waals surface area contributed by atoms with E-state index >= 15 is 0 Å². The average molecular weight is 260 g/mol. The number of rotatable bonds is 2. The molecule has 0 saturated carbocycles. The highest BCUT2D eigenvalue weighted by atomic mass is 16.5. The lowest BCUT2D eigenvalue weighted by Gasteiger charge is -2.27. The number of carbonyl (C=O) groups is 1. The Morgan fingerprint density at radius 1 is 1.26 bits per heavy atom. The van der Waals surface area contributed by atoms with E-state index in [1.807, 2.05) is 26.8 Å². The van der Waals surface area contributed by atoms with Gasteiger partial charge in [-0.15, -0.1) is 0 Å². The summed E-state index contributed by atoms with van der Waals surface area (Å²) >= 11 is 0. The van der Waals surface area contributed by atoms with Crippen molar-refractivity contribution >= 4 is 5.97 Å². The first-order valence-electron chi connectivity index (χ1n) is 7.09. The molecule has 1 aliphatic rings. The second-order valence-electron chi connectivity index (χ2n) is 6.89. The van der Waals surface area contributed by atoms with E-state index in [0.29, 0.717) is 11.8 Å². The van der Waals surface area contributed by atoms with Gasteiger partial charge in [0, 0.05) is 5.92 Å². The summed E-state index contributed by atoms with van der Waals surface area (Å²) in [6, 6.07) is 8.33. The Morgan fingerprint density at radius 2 is 1.89 bits per heavy atom. The Kier molecular flexibility index (Phi) is 3.71. The van der Waals surface area contributed by atoms with Crippen LogP contribution in [0.3, 0.4) is 0 Å². The zero-order valence-electron chi connectivity index (χ0n) is 12.6. The summed E-state index contributed by atoms with van der Waals surface area (Å²) in [5, 5.41) is 0. The van der Waals surface area contributed by atoms with Crippen molar-refractivity contribution in [3.05, 3.63) is 35.4 Å². The quantitative estimate of drug-likeness (QED) is 0.747. The van der Waals surface area contributed by atoms with E-state index < -0.39 is 5.41 Å². The molecule has 0 heterocycles. The molecule has 0 aromatic heterocycles. The lowest BCUT2D eigenvalue weighted by molar-refractivity contribution is -0.162. The standard InChI is InChI=1S/C17H24O2/c1-11(2)14-10-12-8-6-7-9-13(12)15(14)19-16(18)17(3,4)5/h6-9,11,14-15H,10H2,1-5H3. The highest BCUT2D eigenvalue weighted by Crippen LogP contribution is 2.43. The largest absolute Gasteiger partial charge is 0.457 e. The smallest absolute Gasteiger partial charge is 0.311 e. The van der Waals surface area contributed by atoms with Crippen LogP contribution in [0.1, 0.15) is 51.8 Å². The molecule has 1 aromatic rings. The van der Waals surface area contributed by atoms with Gasteiger partial charge in [-0.2, -0.15) is 0 Å². The van der Waals surface area contributed by atoms with Crippen LogP contribution in [-0.4, -0.2) is 5.97 Å². The molecule has 1 aliphatic carbocycles. The second kappa shape index (κ2) is 4.99. The van der Waals surface area contributed by atoms with Crippen molar-refractivity contribution in [1.29, 1.82) is 0 Å². The molecule has 2 unspecified atom stereocenters. The molecule has 0 N–H and O–H groups in total. The van der Waals surface area contributed by atoms with Gasteiger partial charge in [0.2, 0.25) is 0 Å². The number of fused-ring (bicyclic) bond motifs is 1. The second-order valence-corrected chi connectivity index (χ2v) is 6.89. The Bertz CT molecular complexity index is 468. The van der Waals surface area contributed by atoms with Crippen molar-refractivity contribution in [2.75, 3.05) is 0 Å². The Balaban J connectivity index is 2.27. The Hall–Kier alpha value is -1.31. The maximum atomic E-state index is 12.2. The van der Waals surface area contributed by atoms with Crippen LogP contribution in [0.15, 0.2) is 24.3 Å². The molecule has 0 amide bonds. The van der Waals surface area contributed by atoms with Gasteiger partial charge in [0.1, 0.15) is 6.10 Å². The van der Waals surface area contributed by atoms with Gasteiger partial charge in [-0.25, -0.2) is 0 Å². The van der Waals surface area contributed by atoms with Crippen LogP contribution in [0.25, 0.3) is 0 Å². The van der Waals surface area contributed by atoms with Crippen LogP contribution < -0.4 is 0 Å². The molecular formula is C17H24O2. The molecule has 104 valence electrons. The molecule has 0 radical (unpaired) electrons. The van der Waals surface area contributed by atoms with Gasteiger partial charge in [-0.1, -0.05) is 38.1 Å². The SMILES string of the molecule is CC(C)C1Cc2ccccc2C1OC(=O)C(C)(C)C. The number of ether oxygens (including phenoxy) is 1. The van der Waals surface area contributed by atoms with Gasteiger partial charge in [0.15, 0.2) is 0 Å². The first-order valence-corrected chi connectivity index (χ1v) is 7.09. The van der Waals surface area contributed by atoms with Crippen molar-refractivity contribution in [3.8, 4) is 0 Å². The van der Waals surface area contributed by atoms with Gasteiger partial charge in [0.25, 0.3) is 0 Å². The minimum atomic E-state index is -0.445. The van der Waals surface area contributed by atoms with E-state index in [-0.39, 0.29) is 12.1 Å². The van der Waals surface area contributed by atoms with Crippen molar-refractivity contribution in [2.24, 2.45) is 17.3 Å². The maximum absolute atomic E-state index is 12.2. The number of esters is 1. The molecular weight excluding hydrogens is 236 g/mol. The van der Waals surface area contributed by atoms with Crippen LogP contribution in [0, 0.1) is 17.3 Å². The lowest BCUT2D eigenvalue weighted by atomic mass is 9.90. The summed E-state index contributed by atoms with van der Waals surface area (Å²) < 4.78 is 5.84. The zero-order chi connectivity index (χ0) is 14.2. The van der Waals surface area contributed by atoms with Gasteiger partial charge in [0.05, 0.1) is 5.41 Å². The molecule has 0 fully saturated rings. The summed E-state index contributed by atoms with van der Waals surface area (Å²) in [4.78, 5) is 12.2. The van der Waals surface area contributed by atoms with E-state index in [9.17, 15) is 4.79 Å². The van der Waals surface area contributed by atoms with Gasteiger partial charge >= 0.3 is 5.97 Å².